The van der Waals surface area contributed by atoms with Gasteiger partial charge in [0.05, 0.1) is 12.9 Å². The standard InChI is InChI=1S/C3H9NO3S.2Na/c1-7-8(5,6)3-2-4;;/h2-4H2,1H3;;. The maximum Gasteiger partial charge on any atom is 0.268 e. The first-order valence-electron chi connectivity index (χ1n) is 2.11. The summed E-state index contributed by atoms with van der Waals surface area (Å²) in [7, 11) is -2.18. The quantitative estimate of drug-likeness (QED) is 0.414. The van der Waals surface area contributed by atoms with E-state index < -0.39 is 10.1 Å². The van der Waals surface area contributed by atoms with E-state index in [9.17, 15) is 8.42 Å². The predicted molar refractivity (Wildman–Crippen MR) is 41.4 cm³/mol. The first-order valence-corrected chi connectivity index (χ1v) is 3.68. The molecule has 0 saturated carbocycles. The summed E-state index contributed by atoms with van der Waals surface area (Å²) in [4.78, 5) is 0. The van der Waals surface area contributed by atoms with Crippen LogP contribution in [-0.4, -0.2) is 86.9 Å². The average molecular weight is 185 g/mol. The molecule has 0 aromatic heterocycles. The van der Waals surface area contributed by atoms with Gasteiger partial charge in [-0.1, -0.05) is 0 Å². The number of nitrogens with two attached hydrogens (primary N) is 1. The van der Waals surface area contributed by atoms with Crippen molar-refractivity contribution in [2.24, 2.45) is 5.73 Å². The Morgan fingerprint density at radius 1 is 1.40 bits per heavy atom. The summed E-state index contributed by atoms with van der Waals surface area (Å²) in [6.45, 7) is 0.107. The van der Waals surface area contributed by atoms with Crippen molar-refractivity contribution in [3.05, 3.63) is 0 Å². The molecule has 0 amide bonds. The van der Waals surface area contributed by atoms with Crippen molar-refractivity contribution in [2.75, 3.05) is 19.4 Å². The number of hydrogen-bond acceptors (Lipinski definition) is 4. The Bertz CT molecular complexity index is 146. The van der Waals surface area contributed by atoms with E-state index in [1.165, 1.54) is 0 Å². The monoisotopic (exact) mass is 185 g/mol. The molecule has 2 N–H and O–H groups in total. The van der Waals surface area contributed by atoms with E-state index in [1.54, 1.807) is 0 Å². The molecule has 0 rings (SSSR count). The van der Waals surface area contributed by atoms with Crippen molar-refractivity contribution in [3.63, 3.8) is 0 Å². The van der Waals surface area contributed by atoms with Crippen LogP contribution in [0, 0.1) is 0 Å². The van der Waals surface area contributed by atoms with E-state index >= 15 is 0 Å². The third-order valence-corrected chi connectivity index (χ3v) is 1.87. The van der Waals surface area contributed by atoms with Gasteiger partial charge in [0.25, 0.3) is 10.1 Å². The summed E-state index contributed by atoms with van der Waals surface area (Å²) in [6, 6.07) is 0. The van der Waals surface area contributed by atoms with Gasteiger partial charge in [-0.2, -0.15) is 8.42 Å². The van der Waals surface area contributed by atoms with Gasteiger partial charge in [-0.15, -0.1) is 0 Å². The summed E-state index contributed by atoms with van der Waals surface area (Å²) in [5.41, 5.74) is 4.93. The van der Waals surface area contributed by atoms with Crippen LogP contribution in [0.1, 0.15) is 0 Å². The zero-order chi connectivity index (χ0) is 6.62. The average Bonchev–Trinajstić information content (AvgIpc) is 1.67. The molecule has 0 aliphatic rings. The maximum atomic E-state index is 10.3. The Morgan fingerprint density at radius 3 is 1.90 bits per heavy atom. The second kappa shape index (κ2) is 8.96. The third kappa shape index (κ3) is 9.87. The molecule has 0 fully saturated rings. The zero-order valence-corrected chi connectivity index (χ0v) is 11.4. The fraction of sp³-hybridized carbons (Fsp3) is 1.00. The molecule has 52 valence electrons. The minimum absolute atomic E-state index is 0. The fourth-order valence-electron chi connectivity index (χ4n) is 0.228. The number of rotatable bonds is 3. The van der Waals surface area contributed by atoms with Crippen molar-refractivity contribution in [2.45, 2.75) is 0 Å². The predicted octanol–water partition coefficient (Wildman–Crippen LogP) is -1.84. The number of hydrogen-bond donors (Lipinski definition) is 1. The largest absolute Gasteiger partial charge is 0.329 e. The second-order valence-electron chi connectivity index (χ2n) is 1.22. The molecular formula is C3H9NNa2O3S. The Morgan fingerprint density at radius 2 is 1.80 bits per heavy atom. The molecule has 0 saturated heterocycles. The van der Waals surface area contributed by atoms with Gasteiger partial charge in [0.15, 0.2) is 0 Å². The first-order chi connectivity index (χ1) is 3.62. The molecule has 0 atom stereocenters. The van der Waals surface area contributed by atoms with Crippen LogP contribution in [0.3, 0.4) is 0 Å². The molecule has 0 aromatic carbocycles. The molecule has 0 aromatic rings. The minimum atomic E-state index is -3.29. The van der Waals surface area contributed by atoms with E-state index in [0.717, 1.165) is 7.11 Å². The molecule has 0 aliphatic heterocycles. The van der Waals surface area contributed by atoms with Crippen LogP contribution in [0.25, 0.3) is 0 Å². The van der Waals surface area contributed by atoms with Crippen LogP contribution in [0.15, 0.2) is 0 Å². The minimum Gasteiger partial charge on any atom is -0.329 e. The molecule has 4 nitrogen and oxygen atoms in total. The van der Waals surface area contributed by atoms with Crippen molar-refractivity contribution in [3.8, 4) is 0 Å². The molecule has 10 heavy (non-hydrogen) atoms. The van der Waals surface area contributed by atoms with Gasteiger partial charge < -0.3 is 5.73 Å². The van der Waals surface area contributed by atoms with Gasteiger partial charge in [-0.25, -0.2) is 0 Å². The first kappa shape index (κ1) is 17.8. The van der Waals surface area contributed by atoms with E-state index in [4.69, 9.17) is 5.73 Å². The molecule has 0 heterocycles. The van der Waals surface area contributed by atoms with Gasteiger partial charge in [0.2, 0.25) is 0 Å². The Balaban J connectivity index is -0.000000245. The van der Waals surface area contributed by atoms with Crippen LogP contribution in [-0.2, 0) is 14.3 Å². The smallest absolute Gasteiger partial charge is 0.268 e. The molecule has 2 radical (unpaired) electrons. The van der Waals surface area contributed by atoms with E-state index in [0.29, 0.717) is 0 Å². The summed E-state index contributed by atoms with van der Waals surface area (Å²) < 4.78 is 24.7. The fourth-order valence-corrected chi connectivity index (χ4v) is 0.683. The van der Waals surface area contributed by atoms with Crippen LogP contribution in [0.5, 0.6) is 0 Å². The van der Waals surface area contributed by atoms with Crippen LogP contribution in [0.4, 0.5) is 0 Å². The topological polar surface area (TPSA) is 69.4 Å². The van der Waals surface area contributed by atoms with Gasteiger partial charge in [0.1, 0.15) is 0 Å². The summed E-state index contributed by atoms with van der Waals surface area (Å²) in [5.74, 6) is -0.108. The van der Waals surface area contributed by atoms with Crippen molar-refractivity contribution < 1.29 is 12.6 Å². The normalized spacial score (nSPS) is 9.40. The van der Waals surface area contributed by atoms with Gasteiger partial charge in [-0.3, -0.25) is 4.18 Å². The van der Waals surface area contributed by atoms with Gasteiger partial charge >= 0.3 is 0 Å². The second-order valence-corrected chi connectivity index (χ2v) is 3.07. The summed E-state index contributed by atoms with van der Waals surface area (Å²) in [5, 5.41) is 0. The van der Waals surface area contributed by atoms with Crippen molar-refractivity contribution >= 4 is 69.2 Å². The SMILES string of the molecule is COS(=O)(=O)CCN.[Na].[Na]. The molecule has 0 aliphatic carbocycles. The van der Waals surface area contributed by atoms with Crippen LogP contribution < -0.4 is 5.73 Å². The van der Waals surface area contributed by atoms with Gasteiger partial charge in [0, 0.05) is 65.7 Å². The molecule has 0 bridgehead atoms. The maximum absolute atomic E-state index is 10.3. The van der Waals surface area contributed by atoms with E-state index in [1.807, 2.05) is 0 Å². The third-order valence-electron chi connectivity index (χ3n) is 0.622. The van der Waals surface area contributed by atoms with E-state index in [-0.39, 0.29) is 71.4 Å². The van der Waals surface area contributed by atoms with Crippen LogP contribution >= 0.6 is 0 Å². The van der Waals surface area contributed by atoms with E-state index in [2.05, 4.69) is 4.18 Å². The van der Waals surface area contributed by atoms with Crippen molar-refractivity contribution in [1.82, 2.24) is 0 Å². The van der Waals surface area contributed by atoms with Crippen LogP contribution in [0.2, 0.25) is 0 Å². The Hall–Kier alpha value is 1.87. The summed E-state index contributed by atoms with van der Waals surface area (Å²) in [6.07, 6.45) is 0. The molecule has 7 heteroatoms. The van der Waals surface area contributed by atoms with Crippen molar-refractivity contribution in [1.29, 1.82) is 0 Å². The Labute approximate surface area is 106 Å². The molecular weight excluding hydrogens is 176 g/mol. The Kier molecular flexibility index (Phi) is 16.0. The molecule has 0 unspecified atom stereocenters. The zero-order valence-electron chi connectivity index (χ0n) is 6.62. The molecule has 0 spiro atoms. The summed E-state index contributed by atoms with van der Waals surface area (Å²) >= 11 is 0. The van der Waals surface area contributed by atoms with Gasteiger partial charge in [-0.05, 0) is 0 Å².